The Morgan fingerprint density at radius 2 is 2.19 bits per heavy atom. The summed E-state index contributed by atoms with van der Waals surface area (Å²) in [5, 5.41) is 0. The lowest BCUT2D eigenvalue weighted by atomic mass is 10.2. The van der Waals surface area contributed by atoms with E-state index in [4.69, 9.17) is 4.74 Å². The quantitative estimate of drug-likeness (QED) is 0.400. The van der Waals surface area contributed by atoms with Crippen LogP contribution < -0.4 is 4.57 Å². The molecule has 0 N–H and O–H groups in total. The molecular formula is C12H21N2O2+. The molecule has 4 nitrogen and oxygen atoms in total. The Hall–Kier alpha value is -1.32. The zero-order chi connectivity index (χ0) is 11.8. The van der Waals surface area contributed by atoms with E-state index in [0.29, 0.717) is 13.2 Å². The minimum absolute atomic E-state index is 0.160. The second kappa shape index (κ2) is 7.04. The molecule has 0 aliphatic rings. The predicted octanol–water partition coefficient (Wildman–Crippen LogP) is 1.44. The number of ether oxygens (including phenoxy) is 1. The van der Waals surface area contributed by atoms with E-state index in [1.54, 1.807) is 0 Å². The van der Waals surface area contributed by atoms with Gasteiger partial charge in [-0.2, -0.15) is 0 Å². The molecule has 0 bridgehead atoms. The molecule has 16 heavy (non-hydrogen) atoms. The number of imidazole rings is 1. The molecule has 0 saturated heterocycles. The van der Waals surface area contributed by atoms with E-state index in [2.05, 4.69) is 6.92 Å². The van der Waals surface area contributed by atoms with Crippen molar-refractivity contribution in [3.63, 3.8) is 0 Å². The summed E-state index contributed by atoms with van der Waals surface area (Å²) in [5.41, 5.74) is 0. The number of unbranched alkanes of at least 4 members (excludes halogenated alkanes) is 3. The number of rotatable bonds is 7. The third-order valence-corrected chi connectivity index (χ3v) is 2.40. The lowest BCUT2D eigenvalue weighted by Gasteiger charge is -2.02. The van der Waals surface area contributed by atoms with Gasteiger partial charge in [0.15, 0.2) is 6.54 Å². The second-order valence-corrected chi connectivity index (χ2v) is 4.03. The molecule has 0 aromatic carbocycles. The van der Waals surface area contributed by atoms with Crippen molar-refractivity contribution in [2.45, 2.75) is 39.2 Å². The average Bonchev–Trinajstić information content (AvgIpc) is 2.63. The van der Waals surface area contributed by atoms with Crippen molar-refractivity contribution in [3.8, 4) is 0 Å². The minimum atomic E-state index is -0.160. The van der Waals surface area contributed by atoms with Gasteiger partial charge in [-0.25, -0.2) is 13.9 Å². The molecule has 0 amide bonds. The number of hydrogen-bond acceptors (Lipinski definition) is 2. The summed E-state index contributed by atoms with van der Waals surface area (Å²) in [6.07, 6.45) is 10.1. The normalized spacial score (nSPS) is 10.4. The molecule has 1 aromatic heterocycles. The highest BCUT2D eigenvalue weighted by molar-refractivity contribution is 5.69. The lowest BCUT2D eigenvalue weighted by Crippen LogP contribution is -2.24. The average molecular weight is 225 g/mol. The summed E-state index contributed by atoms with van der Waals surface area (Å²) < 4.78 is 8.84. The Kier molecular flexibility index (Phi) is 5.61. The molecule has 90 valence electrons. The largest absolute Gasteiger partial charge is 0.463 e. The summed E-state index contributed by atoms with van der Waals surface area (Å²) >= 11 is 0. The zero-order valence-corrected chi connectivity index (χ0v) is 10.2. The van der Waals surface area contributed by atoms with Crippen molar-refractivity contribution in [2.24, 2.45) is 7.05 Å². The molecule has 0 spiro atoms. The Bertz CT molecular complexity index is 321. The Morgan fingerprint density at radius 3 is 2.81 bits per heavy atom. The van der Waals surface area contributed by atoms with E-state index >= 15 is 0 Å². The summed E-state index contributed by atoms with van der Waals surface area (Å²) in [6, 6.07) is 0. The highest BCUT2D eigenvalue weighted by Crippen LogP contribution is 1.99. The van der Waals surface area contributed by atoms with Crippen LogP contribution in [0, 0.1) is 0 Å². The SMILES string of the molecule is CCCCCCOC(=O)Cn1cc[n+](C)c1. The first-order valence-corrected chi connectivity index (χ1v) is 5.89. The van der Waals surface area contributed by atoms with Crippen molar-refractivity contribution >= 4 is 5.97 Å². The maximum atomic E-state index is 11.4. The number of hydrogen-bond donors (Lipinski definition) is 0. The van der Waals surface area contributed by atoms with Crippen LogP contribution in [0.1, 0.15) is 32.6 Å². The van der Waals surface area contributed by atoms with Crippen molar-refractivity contribution in [1.82, 2.24) is 4.57 Å². The smallest absolute Gasteiger partial charge is 0.348 e. The molecular weight excluding hydrogens is 204 g/mol. The molecule has 4 heteroatoms. The first kappa shape index (κ1) is 12.7. The van der Waals surface area contributed by atoms with Gasteiger partial charge in [-0.1, -0.05) is 26.2 Å². The van der Waals surface area contributed by atoms with Crippen LogP contribution >= 0.6 is 0 Å². The molecule has 1 aromatic rings. The van der Waals surface area contributed by atoms with Gasteiger partial charge in [-0.05, 0) is 6.42 Å². The molecule has 0 saturated carbocycles. The predicted molar refractivity (Wildman–Crippen MR) is 60.7 cm³/mol. The fourth-order valence-electron chi connectivity index (χ4n) is 1.50. The topological polar surface area (TPSA) is 35.1 Å². The highest BCUT2D eigenvalue weighted by atomic mass is 16.5. The summed E-state index contributed by atoms with van der Waals surface area (Å²) in [5.74, 6) is -0.160. The monoisotopic (exact) mass is 225 g/mol. The van der Waals surface area contributed by atoms with Crippen molar-refractivity contribution < 1.29 is 14.1 Å². The zero-order valence-electron chi connectivity index (χ0n) is 10.2. The highest BCUT2D eigenvalue weighted by Gasteiger charge is 2.08. The van der Waals surface area contributed by atoms with E-state index in [1.807, 2.05) is 34.9 Å². The summed E-state index contributed by atoms with van der Waals surface area (Å²) in [7, 11) is 1.92. The van der Waals surface area contributed by atoms with Gasteiger partial charge in [0.25, 0.3) is 0 Å². The van der Waals surface area contributed by atoms with Gasteiger partial charge in [0.2, 0.25) is 6.33 Å². The van der Waals surface area contributed by atoms with E-state index in [1.165, 1.54) is 12.8 Å². The number of carbonyl (C=O) groups is 1. The molecule has 1 heterocycles. The molecule has 0 radical (unpaired) electrons. The first-order valence-electron chi connectivity index (χ1n) is 5.89. The van der Waals surface area contributed by atoms with E-state index < -0.39 is 0 Å². The maximum absolute atomic E-state index is 11.4. The van der Waals surface area contributed by atoms with Gasteiger partial charge >= 0.3 is 5.97 Å². The van der Waals surface area contributed by atoms with Crippen LogP contribution in [0.2, 0.25) is 0 Å². The van der Waals surface area contributed by atoms with Gasteiger partial charge in [0.1, 0.15) is 12.4 Å². The van der Waals surface area contributed by atoms with Crippen LogP contribution in [0.3, 0.4) is 0 Å². The van der Waals surface area contributed by atoms with Crippen LogP contribution in [0.4, 0.5) is 0 Å². The first-order chi connectivity index (χ1) is 7.72. The van der Waals surface area contributed by atoms with Crippen LogP contribution in [0.5, 0.6) is 0 Å². The van der Waals surface area contributed by atoms with Gasteiger partial charge < -0.3 is 4.74 Å². The third kappa shape index (κ3) is 4.96. The molecule has 0 unspecified atom stereocenters. The number of nitrogens with zero attached hydrogens (tertiary/aromatic N) is 2. The molecule has 0 atom stereocenters. The van der Waals surface area contributed by atoms with Gasteiger partial charge in [0, 0.05) is 0 Å². The van der Waals surface area contributed by atoms with Crippen LogP contribution in [0.15, 0.2) is 18.7 Å². The minimum Gasteiger partial charge on any atom is -0.463 e. The van der Waals surface area contributed by atoms with Gasteiger partial charge in [-0.15, -0.1) is 0 Å². The lowest BCUT2D eigenvalue weighted by molar-refractivity contribution is -0.671. The Labute approximate surface area is 96.8 Å². The second-order valence-electron chi connectivity index (χ2n) is 4.03. The Balaban J connectivity index is 2.11. The van der Waals surface area contributed by atoms with Crippen LogP contribution in [-0.2, 0) is 23.1 Å². The maximum Gasteiger partial charge on any atom is 0.348 e. The van der Waals surface area contributed by atoms with Crippen molar-refractivity contribution in [2.75, 3.05) is 6.61 Å². The van der Waals surface area contributed by atoms with Crippen molar-refractivity contribution in [3.05, 3.63) is 18.7 Å². The van der Waals surface area contributed by atoms with Crippen molar-refractivity contribution in [1.29, 1.82) is 0 Å². The molecule has 0 fully saturated rings. The van der Waals surface area contributed by atoms with E-state index in [0.717, 1.165) is 12.8 Å². The fourth-order valence-corrected chi connectivity index (χ4v) is 1.50. The van der Waals surface area contributed by atoms with Crippen LogP contribution in [0.25, 0.3) is 0 Å². The number of aromatic nitrogens is 2. The van der Waals surface area contributed by atoms with E-state index in [9.17, 15) is 4.79 Å². The third-order valence-electron chi connectivity index (χ3n) is 2.40. The fraction of sp³-hybridized carbons (Fsp3) is 0.667. The van der Waals surface area contributed by atoms with Crippen LogP contribution in [-0.4, -0.2) is 17.1 Å². The summed E-state index contributed by atoms with van der Waals surface area (Å²) in [4.78, 5) is 11.4. The number of esters is 1. The Morgan fingerprint density at radius 1 is 1.38 bits per heavy atom. The van der Waals surface area contributed by atoms with Gasteiger partial charge in [0.05, 0.1) is 13.7 Å². The van der Waals surface area contributed by atoms with Gasteiger partial charge in [-0.3, -0.25) is 0 Å². The molecule has 0 aliphatic heterocycles. The molecule has 1 rings (SSSR count). The van der Waals surface area contributed by atoms with E-state index in [-0.39, 0.29) is 5.97 Å². The standard InChI is InChI=1S/C12H21N2O2/c1-3-4-5-6-9-16-12(15)10-14-8-7-13(2)11-14/h7-8,11H,3-6,9-10H2,1-2H3/q+1. The molecule has 0 aliphatic carbocycles. The number of carbonyl (C=O) groups excluding carboxylic acids is 1. The summed E-state index contributed by atoms with van der Waals surface area (Å²) in [6.45, 7) is 3.01. The number of aryl methyl sites for hydroxylation is 1.